The third-order valence-electron chi connectivity index (χ3n) is 4.40. The van der Waals surface area contributed by atoms with Crippen molar-refractivity contribution in [2.45, 2.75) is 30.4 Å². The Hall–Kier alpha value is -0.670. The number of likely N-dealkylation sites (N-methyl/N-ethyl adjacent to an activating group) is 1. The summed E-state index contributed by atoms with van der Waals surface area (Å²) < 4.78 is 35.0. The Labute approximate surface area is 135 Å². The van der Waals surface area contributed by atoms with Crippen molar-refractivity contribution < 1.29 is 13.2 Å². The van der Waals surface area contributed by atoms with Crippen LogP contribution in [0.4, 0.5) is 0 Å². The van der Waals surface area contributed by atoms with Gasteiger partial charge < -0.3 is 9.64 Å². The smallest absolute Gasteiger partial charge is 0.248 e. The molecule has 3 rings (SSSR count). The van der Waals surface area contributed by atoms with Crippen molar-refractivity contribution in [2.24, 2.45) is 7.05 Å². The molecule has 0 aromatic carbocycles. The molecule has 2 fully saturated rings. The number of nitrogens with zero attached hydrogens (tertiary/aromatic N) is 4. The largest absolute Gasteiger partial charge is 0.375 e. The van der Waals surface area contributed by atoms with Gasteiger partial charge in [-0.05, 0) is 20.4 Å². The van der Waals surface area contributed by atoms with Crippen LogP contribution in [0.15, 0.2) is 4.90 Å². The molecule has 0 saturated carbocycles. The van der Waals surface area contributed by atoms with Crippen molar-refractivity contribution in [1.82, 2.24) is 19.0 Å². The quantitative estimate of drug-likeness (QED) is 0.777. The molecule has 0 amide bonds. The van der Waals surface area contributed by atoms with Gasteiger partial charge in [0, 0.05) is 26.7 Å². The van der Waals surface area contributed by atoms with Crippen LogP contribution in [-0.4, -0.2) is 72.8 Å². The van der Waals surface area contributed by atoms with Crippen LogP contribution >= 0.6 is 11.6 Å². The first-order valence-electron chi connectivity index (χ1n) is 7.33. The number of rotatable bonds is 2. The highest BCUT2D eigenvalue weighted by molar-refractivity contribution is 7.89. The van der Waals surface area contributed by atoms with Crippen LogP contribution in [0.1, 0.15) is 12.1 Å². The zero-order chi connectivity index (χ0) is 16.1. The molecule has 2 aliphatic heterocycles. The number of morpholine rings is 1. The first-order valence-corrected chi connectivity index (χ1v) is 9.15. The molecule has 2 saturated heterocycles. The molecule has 0 aliphatic carbocycles. The molecule has 1 aromatic heterocycles. The molecule has 1 aromatic rings. The number of likely N-dealkylation sites (tertiary alicyclic amines) is 1. The van der Waals surface area contributed by atoms with E-state index in [-0.39, 0.29) is 22.2 Å². The minimum absolute atomic E-state index is 0.0459. The van der Waals surface area contributed by atoms with E-state index in [0.29, 0.717) is 25.4 Å². The molecule has 9 heteroatoms. The first kappa shape index (κ1) is 16.2. The van der Waals surface area contributed by atoms with Gasteiger partial charge in [-0.25, -0.2) is 8.42 Å². The Kier molecular flexibility index (Phi) is 4.24. The van der Waals surface area contributed by atoms with Gasteiger partial charge in [-0.15, -0.1) is 0 Å². The predicted octanol–water partition coefficient (Wildman–Crippen LogP) is 0.476. The third-order valence-corrected chi connectivity index (χ3v) is 7.02. The van der Waals surface area contributed by atoms with Gasteiger partial charge in [-0.3, -0.25) is 4.68 Å². The Morgan fingerprint density at radius 1 is 1.32 bits per heavy atom. The van der Waals surface area contributed by atoms with Gasteiger partial charge in [0.15, 0.2) is 0 Å². The van der Waals surface area contributed by atoms with E-state index in [1.54, 1.807) is 18.3 Å². The second-order valence-corrected chi connectivity index (χ2v) is 8.16. The predicted molar refractivity (Wildman–Crippen MR) is 82.5 cm³/mol. The number of hydrogen-bond donors (Lipinski definition) is 0. The average molecular weight is 349 g/mol. The van der Waals surface area contributed by atoms with E-state index in [1.165, 1.54) is 4.68 Å². The standard InChI is InChI=1S/C13H21ClN4O3S/c1-9-12(13(14)17(3)15-9)22(19,20)18-6-7-21-11-4-5-16(2)8-10(11)18/h10-11H,4-8H2,1-3H3. The number of ether oxygens (including phenoxy) is 1. The van der Waals surface area contributed by atoms with E-state index in [1.807, 2.05) is 7.05 Å². The van der Waals surface area contributed by atoms with Crippen LogP contribution in [0.25, 0.3) is 0 Å². The molecular weight excluding hydrogens is 328 g/mol. The molecule has 7 nitrogen and oxygen atoms in total. The summed E-state index contributed by atoms with van der Waals surface area (Å²) in [6, 6.07) is -0.173. The number of hydrogen-bond acceptors (Lipinski definition) is 5. The first-order chi connectivity index (χ1) is 10.3. The summed E-state index contributed by atoms with van der Waals surface area (Å²) in [5, 5.41) is 4.29. The Bertz CT molecular complexity index is 675. The Morgan fingerprint density at radius 3 is 2.68 bits per heavy atom. The summed E-state index contributed by atoms with van der Waals surface area (Å²) in [7, 11) is -0.0433. The van der Waals surface area contributed by atoms with Crippen LogP contribution < -0.4 is 0 Å². The van der Waals surface area contributed by atoms with Gasteiger partial charge >= 0.3 is 0 Å². The molecule has 0 N–H and O–H groups in total. The zero-order valence-corrected chi connectivity index (χ0v) is 14.6. The average Bonchev–Trinajstić information content (AvgIpc) is 2.71. The lowest BCUT2D eigenvalue weighted by molar-refractivity contribution is -0.0719. The van der Waals surface area contributed by atoms with Gasteiger partial charge in [0.1, 0.15) is 10.0 Å². The molecule has 0 spiro atoms. The molecule has 3 heterocycles. The van der Waals surface area contributed by atoms with Gasteiger partial charge in [-0.1, -0.05) is 11.6 Å². The molecule has 124 valence electrons. The Balaban J connectivity index is 2.00. The van der Waals surface area contributed by atoms with E-state index in [2.05, 4.69) is 10.00 Å². The second-order valence-electron chi connectivity index (χ2n) is 5.97. The third kappa shape index (κ3) is 2.56. The SMILES string of the molecule is Cc1nn(C)c(Cl)c1S(=O)(=O)N1CCOC2CCN(C)CC21. The van der Waals surface area contributed by atoms with E-state index < -0.39 is 10.0 Å². The fourth-order valence-electron chi connectivity index (χ4n) is 3.32. The maximum absolute atomic E-state index is 13.1. The normalized spacial score (nSPS) is 27.8. The summed E-state index contributed by atoms with van der Waals surface area (Å²) in [5.41, 5.74) is 0.430. The van der Waals surface area contributed by atoms with Crippen molar-refractivity contribution >= 4 is 21.6 Å². The number of aromatic nitrogens is 2. The van der Waals surface area contributed by atoms with Crippen molar-refractivity contribution in [3.63, 3.8) is 0 Å². The second kappa shape index (κ2) is 5.76. The van der Waals surface area contributed by atoms with Crippen LogP contribution in [-0.2, 0) is 21.8 Å². The lowest BCUT2D eigenvalue weighted by atomic mass is 10.0. The minimum atomic E-state index is -3.68. The number of fused-ring (bicyclic) bond motifs is 1. The summed E-state index contributed by atoms with van der Waals surface area (Å²) in [4.78, 5) is 2.25. The monoisotopic (exact) mass is 348 g/mol. The van der Waals surface area contributed by atoms with Gasteiger partial charge in [0.05, 0.1) is 24.4 Å². The zero-order valence-electron chi connectivity index (χ0n) is 13.0. The maximum Gasteiger partial charge on any atom is 0.248 e. The minimum Gasteiger partial charge on any atom is -0.375 e. The van der Waals surface area contributed by atoms with Gasteiger partial charge in [0.2, 0.25) is 10.0 Å². The van der Waals surface area contributed by atoms with Crippen LogP contribution in [0, 0.1) is 6.92 Å². The van der Waals surface area contributed by atoms with Crippen molar-refractivity contribution in [3.05, 3.63) is 10.8 Å². The van der Waals surface area contributed by atoms with E-state index in [0.717, 1.165) is 13.0 Å². The lowest BCUT2D eigenvalue weighted by Crippen LogP contribution is -2.60. The summed E-state index contributed by atoms with van der Waals surface area (Å²) in [6.07, 6.45) is 0.794. The summed E-state index contributed by atoms with van der Waals surface area (Å²) in [6.45, 7) is 4.02. The van der Waals surface area contributed by atoms with Crippen LogP contribution in [0.3, 0.4) is 0 Å². The molecule has 0 radical (unpaired) electrons. The van der Waals surface area contributed by atoms with Gasteiger partial charge in [-0.2, -0.15) is 9.40 Å². The molecule has 22 heavy (non-hydrogen) atoms. The highest BCUT2D eigenvalue weighted by Crippen LogP contribution is 2.32. The van der Waals surface area contributed by atoms with E-state index in [4.69, 9.17) is 16.3 Å². The van der Waals surface area contributed by atoms with Crippen LogP contribution in [0.5, 0.6) is 0 Å². The number of piperidine rings is 1. The number of sulfonamides is 1. The molecule has 2 aliphatic rings. The lowest BCUT2D eigenvalue weighted by Gasteiger charge is -2.45. The highest BCUT2D eigenvalue weighted by atomic mass is 35.5. The molecule has 0 bridgehead atoms. The van der Waals surface area contributed by atoms with Crippen molar-refractivity contribution in [3.8, 4) is 0 Å². The topological polar surface area (TPSA) is 67.7 Å². The molecule has 2 atom stereocenters. The van der Waals surface area contributed by atoms with Crippen molar-refractivity contribution in [2.75, 3.05) is 33.3 Å². The van der Waals surface area contributed by atoms with E-state index in [9.17, 15) is 8.42 Å². The molecule has 2 unspecified atom stereocenters. The summed E-state index contributed by atoms with van der Waals surface area (Å²) in [5.74, 6) is 0. The summed E-state index contributed by atoms with van der Waals surface area (Å²) >= 11 is 6.17. The Morgan fingerprint density at radius 2 is 2.05 bits per heavy atom. The fraction of sp³-hybridized carbons (Fsp3) is 0.769. The van der Waals surface area contributed by atoms with Gasteiger partial charge in [0.25, 0.3) is 0 Å². The van der Waals surface area contributed by atoms with Crippen LogP contribution in [0.2, 0.25) is 5.15 Å². The van der Waals surface area contributed by atoms with Crippen molar-refractivity contribution in [1.29, 1.82) is 0 Å². The number of halogens is 1. The number of aryl methyl sites for hydroxylation is 2. The molecular formula is C13H21ClN4O3S. The maximum atomic E-state index is 13.1. The highest BCUT2D eigenvalue weighted by Gasteiger charge is 2.44. The fourth-order valence-corrected chi connectivity index (χ4v) is 5.65. The van der Waals surface area contributed by atoms with E-state index >= 15 is 0 Å².